The van der Waals surface area contributed by atoms with Crippen molar-refractivity contribution in [1.82, 2.24) is 30.2 Å². The predicted octanol–water partition coefficient (Wildman–Crippen LogP) is 3.42. The van der Waals surface area contributed by atoms with E-state index in [0.29, 0.717) is 13.1 Å². The number of hydrogen-bond donors (Lipinski definition) is 2. The van der Waals surface area contributed by atoms with E-state index in [1.165, 1.54) is 4.88 Å². The summed E-state index contributed by atoms with van der Waals surface area (Å²) in [5, 5.41) is 16.1. The van der Waals surface area contributed by atoms with Gasteiger partial charge in [-0.2, -0.15) is 0 Å². The average molecular weight is 406 g/mol. The first kappa shape index (κ1) is 19.1. The zero-order chi connectivity index (χ0) is 20.1. The number of thiazole rings is 1. The molecule has 29 heavy (non-hydrogen) atoms. The Balaban J connectivity index is 1.46. The van der Waals surface area contributed by atoms with E-state index in [1.54, 1.807) is 11.3 Å². The van der Waals surface area contributed by atoms with Gasteiger partial charge in [0.1, 0.15) is 11.6 Å². The van der Waals surface area contributed by atoms with Crippen LogP contribution < -0.4 is 10.6 Å². The van der Waals surface area contributed by atoms with E-state index in [0.717, 1.165) is 40.2 Å². The van der Waals surface area contributed by atoms with Crippen molar-refractivity contribution in [3.8, 4) is 10.6 Å². The number of nitrogens with zero attached hydrogens (tertiary/aromatic N) is 5. The Morgan fingerprint density at radius 3 is 2.72 bits per heavy atom. The summed E-state index contributed by atoms with van der Waals surface area (Å²) in [4.78, 5) is 10.6. The fourth-order valence-electron chi connectivity index (χ4n) is 2.95. The summed E-state index contributed by atoms with van der Waals surface area (Å²) in [7, 11) is 0. The molecule has 0 unspecified atom stereocenters. The van der Waals surface area contributed by atoms with Gasteiger partial charge < -0.3 is 10.6 Å². The molecule has 0 spiro atoms. The molecule has 0 saturated carbocycles. The molecule has 0 amide bonds. The predicted molar refractivity (Wildman–Crippen MR) is 117 cm³/mol. The van der Waals surface area contributed by atoms with Crippen molar-refractivity contribution in [3.63, 3.8) is 0 Å². The molecule has 0 aliphatic carbocycles. The summed E-state index contributed by atoms with van der Waals surface area (Å²) in [6.07, 6.45) is 1.95. The fraction of sp³-hybridized carbons (Fsp3) is 0.238. The number of nitrogens with one attached hydrogen (secondary N) is 2. The maximum Gasteiger partial charge on any atom is 0.191 e. The second-order valence-corrected chi connectivity index (χ2v) is 7.57. The van der Waals surface area contributed by atoms with Gasteiger partial charge in [0, 0.05) is 23.2 Å². The molecule has 4 aromatic rings. The molecule has 148 valence electrons. The molecule has 0 bridgehead atoms. The monoisotopic (exact) mass is 405 g/mol. The van der Waals surface area contributed by atoms with Gasteiger partial charge in [0.2, 0.25) is 0 Å². The normalized spacial score (nSPS) is 11.7. The van der Waals surface area contributed by atoms with Gasteiger partial charge in [0.05, 0.1) is 12.2 Å². The van der Waals surface area contributed by atoms with Crippen LogP contribution in [0.3, 0.4) is 0 Å². The van der Waals surface area contributed by atoms with E-state index in [1.807, 2.05) is 53.9 Å². The second-order valence-electron chi connectivity index (χ2n) is 6.49. The number of guanidine groups is 1. The minimum absolute atomic E-state index is 0.442. The molecule has 0 aliphatic rings. The first-order valence-electron chi connectivity index (χ1n) is 9.57. The lowest BCUT2D eigenvalue weighted by Crippen LogP contribution is -2.36. The van der Waals surface area contributed by atoms with E-state index in [4.69, 9.17) is 4.98 Å². The van der Waals surface area contributed by atoms with Crippen LogP contribution in [0.2, 0.25) is 0 Å². The molecule has 1 aromatic carbocycles. The highest BCUT2D eigenvalue weighted by Gasteiger charge is 2.10. The summed E-state index contributed by atoms with van der Waals surface area (Å²) >= 11 is 1.71. The number of fused-ring (bicyclic) bond motifs is 1. The number of hydrogen-bond acceptors (Lipinski definition) is 5. The maximum absolute atomic E-state index is 4.72. The van der Waals surface area contributed by atoms with Crippen molar-refractivity contribution in [3.05, 3.63) is 71.1 Å². The van der Waals surface area contributed by atoms with Gasteiger partial charge in [-0.15, -0.1) is 21.5 Å². The first-order valence-corrected chi connectivity index (χ1v) is 10.4. The van der Waals surface area contributed by atoms with Crippen LogP contribution in [0.15, 0.2) is 59.7 Å². The largest absolute Gasteiger partial charge is 0.357 e. The number of aliphatic imine (C=N–C) groups is 1. The van der Waals surface area contributed by atoms with E-state index in [-0.39, 0.29) is 0 Å². The summed E-state index contributed by atoms with van der Waals surface area (Å²) in [6, 6.07) is 16.1. The molecule has 0 saturated heterocycles. The lowest BCUT2D eigenvalue weighted by molar-refractivity contribution is 0.801. The Morgan fingerprint density at radius 2 is 1.90 bits per heavy atom. The Morgan fingerprint density at radius 1 is 1.07 bits per heavy atom. The second kappa shape index (κ2) is 8.83. The molecule has 3 heterocycles. The molecule has 8 heteroatoms. The van der Waals surface area contributed by atoms with Crippen LogP contribution in [0.4, 0.5) is 0 Å². The zero-order valence-electron chi connectivity index (χ0n) is 16.5. The summed E-state index contributed by atoms with van der Waals surface area (Å²) in [5.41, 5.74) is 3.01. The van der Waals surface area contributed by atoms with Crippen molar-refractivity contribution >= 4 is 22.9 Å². The molecule has 0 radical (unpaired) electrons. The quantitative estimate of drug-likeness (QED) is 0.380. The van der Waals surface area contributed by atoms with Crippen LogP contribution in [-0.4, -0.2) is 32.1 Å². The molecule has 0 aliphatic heterocycles. The Kier molecular flexibility index (Phi) is 5.81. The van der Waals surface area contributed by atoms with Crippen molar-refractivity contribution in [1.29, 1.82) is 0 Å². The molecule has 7 nitrogen and oxygen atoms in total. The SMILES string of the molecule is CCNC(=NCc1nnc2ccccn12)NCc1sc(-c2ccccc2)nc1C. The third-order valence-corrected chi connectivity index (χ3v) is 5.64. The van der Waals surface area contributed by atoms with Gasteiger partial charge in [0.25, 0.3) is 0 Å². The smallest absolute Gasteiger partial charge is 0.191 e. The minimum atomic E-state index is 0.442. The molecular weight excluding hydrogens is 382 g/mol. The molecule has 3 aromatic heterocycles. The van der Waals surface area contributed by atoms with Crippen LogP contribution in [0.25, 0.3) is 16.2 Å². The van der Waals surface area contributed by atoms with Crippen LogP contribution in [0, 0.1) is 6.92 Å². The lowest BCUT2D eigenvalue weighted by Gasteiger charge is -2.10. The lowest BCUT2D eigenvalue weighted by atomic mass is 10.2. The fourth-order valence-corrected chi connectivity index (χ4v) is 3.96. The minimum Gasteiger partial charge on any atom is -0.357 e. The van der Waals surface area contributed by atoms with Gasteiger partial charge in [-0.25, -0.2) is 9.98 Å². The third-order valence-electron chi connectivity index (χ3n) is 4.44. The molecule has 0 atom stereocenters. The number of aromatic nitrogens is 4. The van der Waals surface area contributed by atoms with Gasteiger partial charge in [-0.3, -0.25) is 4.40 Å². The summed E-state index contributed by atoms with van der Waals surface area (Å²) in [6.45, 7) is 5.99. The van der Waals surface area contributed by atoms with E-state index in [2.05, 4.69) is 44.9 Å². The first-order chi connectivity index (χ1) is 14.2. The summed E-state index contributed by atoms with van der Waals surface area (Å²) < 4.78 is 1.95. The van der Waals surface area contributed by atoms with Gasteiger partial charge in [-0.1, -0.05) is 36.4 Å². The molecular formula is C21H23N7S. The number of pyridine rings is 1. The van der Waals surface area contributed by atoms with Crippen molar-refractivity contribution in [2.24, 2.45) is 4.99 Å². The van der Waals surface area contributed by atoms with E-state index >= 15 is 0 Å². The van der Waals surface area contributed by atoms with Crippen LogP contribution >= 0.6 is 11.3 Å². The van der Waals surface area contributed by atoms with Crippen LogP contribution in [0.5, 0.6) is 0 Å². The maximum atomic E-state index is 4.72. The highest BCUT2D eigenvalue weighted by atomic mass is 32.1. The summed E-state index contributed by atoms with van der Waals surface area (Å²) in [5.74, 6) is 1.55. The Hall–Kier alpha value is -3.26. The number of benzene rings is 1. The van der Waals surface area contributed by atoms with Crippen LogP contribution in [-0.2, 0) is 13.1 Å². The van der Waals surface area contributed by atoms with Crippen molar-refractivity contribution < 1.29 is 0 Å². The average Bonchev–Trinajstić information content (AvgIpc) is 3.34. The molecule has 0 fully saturated rings. The standard InChI is InChI=1S/C21H23N7S/c1-3-22-21(24-14-19-27-26-18-11-7-8-12-28(18)19)23-13-17-15(2)25-20(29-17)16-9-5-4-6-10-16/h4-12H,3,13-14H2,1-2H3,(H2,22,23,24). The van der Waals surface area contributed by atoms with Gasteiger partial charge >= 0.3 is 0 Å². The third kappa shape index (κ3) is 4.43. The highest BCUT2D eigenvalue weighted by Crippen LogP contribution is 2.27. The van der Waals surface area contributed by atoms with Crippen molar-refractivity contribution in [2.45, 2.75) is 26.9 Å². The molecule has 4 rings (SSSR count). The Bertz CT molecular complexity index is 1110. The Labute approximate surface area is 173 Å². The highest BCUT2D eigenvalue weighted by molar-refractivity contribution is 7.15. The van der Waals surface area contributed by atoms with Crippen molar-refractivity contribution in [2.75, 3.05) is 6.54 Å². The number of rotatable bonds is 6. The zero-order valence-corrected chi connectivity index (χ0v) is 17.3. The van der Waals surface area contributed by atoms with E-state index < -0.39 is 0 Å². The molecule has 2 N–H and O–H groups in total. The number of aryl methyl sites for hydroxylation is 1. The van der Waals surface area contributed by atoms with Gasteiger partial charge in [0.15, 0.2) is 17.4 Å². The van der Waals surface area contributed by atoms with Gasteiger partial charge in [-0.05, 0) is 26.0 Å². The topological polar surface area (TPSA) is 79.5 Å². The van der Waals surface area contributed by atoms with Crippen LogP contribution in [0.1, 0.15) is 23.3 Å². The van der Waals surface area contributed by atoms with E-state index in [9.17, 15) is 0 Å².